The third kappa shape index (κ3) is 3.14. The maximum Gasteiger partial charge on any atom is 0.0479 e. The van der Waals surface area contributed by atoms with Crippen LogP contribution in [-0.4, -0.2) is 4.98 Å². The van der Waals surface area contributed by atoms with Crippen molar-refractivity contribution in [2.24, 2.45) is 0 Å². The Morgan fingerprint density at radius 1 is 0.710 bits per heavy atom. The van der Waals surface area contributed by atoms with Gasteiger partial charge in [-0.05, 0) is 51.6 Å². The van der Waals surface area contributed by atoms with E-state index in [-0.39, 0.29) is 0 Å². The Balaban J connectivity index is 0.000000549. The number of thiophene rings is 1. The molecule has 0 aliphatic rings. The maximum absolute atomic E-state index is 4.00. The number of hydrogen-bond donors (Lipinski definition) is 1. The molecule has 1 nitrogen and oxygen atoms in total. The van der Waals surface area contributed by atoms with Crippen LogP contribution in [0.3, 0.4) is 0 Å². The van der Waals surface area contributed by atoms with Gasteiger partial charge in [0.25, 0.3) is 0 Å². The van der Waals surface area contributed by atoms with Crippen molar-refractivity contribution in [2.45, 2.75) is 34.6 Å². The minimum Gasteiger partial charge on any atom is -0.354 e. The predicted molar refractivity (Wildman–Crippen MR) is 144 cm³/mol. The minimum atomic E-state index is 1.20. The largest absolute Gasteiger partial charge is 0.354 e. The molecule has 0 spiro atoms. The smallest absolute Gasteiger partial charge is 0.0479 e. The van der Waals surface area contributed by atoms with Crippen LogP contribution in [0, 0.1) is 6.92 Å². The summed E-state index contributed by atoms with van der Waals surface area (Å²) in [6.45, 7) is 14.2. The lowest BCUT2D eigenvalue weighted by molar-refractivity contribution is 1.50. The summed E-state index contributed by atoms with van der Waals surface area (Å²) in [5, 5.41) is 9.23. The van der Waals surface area contributed by atoms with Crippen LogP contribution in [0.5, 0.6) is 0 Å². The molecule has 0 aliphatic carbocycles. The van der Waals surface area contributed by atoms with Gasteiger partial charge in [0.2, 0.25) is 0 Å². The maximum atomic E-state index is 4.00. The third-order valence-electron chi connectivity index (χ3n) is 5.77. The molecule has 2 heteroatoms. The van der Waals surface area contributed by atoms with Crippen molar-refractivity contribution < 1.29 is 0 Å². The van der Waals surface area contributed by atoms with Crippen molar-refractivity contribution in [1.82, 2.24) is 4.98 Å². The number of benzene rings is 4. The summed E-state index contributed by atoms with van der Waals surface area (Å²) in [6, 6.07) is 22.1. The zero-order chi connectivity index (χ0) is 22.1. The Bertz CT molecular complexity index is 1550. The van der Waals surface area contributed by atoms with E-state index < -0.39 is 0 Å². The van der Waals surface area contributed by atoms with Gasteiger partial charge in [0.15, 0.2) is 0 Å². The lowest BCUT2D eigenvalue weighted by Crippen LogP contribution is -1.79. The Morgan fingerprint density at radius 2 is 1.35 bits per heavy atom. The minimum absolute atomic E-state index is 1.20. The number of aromatic nitrogens is 1. The fraction of sp³-hybridized carbons (Fsp3) is 0.172. The Morgan fingerprint density at radius 3 is 2.10 bits per heavy atom. The fourth-order valence-corrected chi connectivity index (χ4v) is 5.67. The SMILES string of the molecule is C=Cc1sc2c(ccc3[nH]c4ccc5c6ccccc6ccc5c4c32)c1C.CC.CC. The normalized spacial score (nSPS) is 10.9. The Labute approximate surface area is 188 Å². The van der Waals surface area contributed by atoms with Crippen LogP contribution >= 0.6 is 11.3 Å². The molecular weight excluding hydrogens is 394 g/mol. The number of rotatable bonds is 1. The number of hydrogen-bond acceptors (Lipinski definition) is 1. The van der Waals surface area contributed by atoms with Gasteiger partial charge < -0.3 is 4.98 Å². The van der Waals surface area contributed by atoms with Crippen molar-refractivity contribution in [1.29, 1.82) is 0 Å². The first kappa shape index (κ1) is 21.1. The molecule has 0 atom stereocenters. The number of H-pyrrole nitrogens is 1. The van der Waals surface area contributed by atoms with Crippen molar-refractivity contribution in [3.8, 4) is 0 Å². The van der Waals surface area contributed by atoms with E-state index in [1.807, 2.05) is 45.1 Å². The average Bonchev–Trinajstić information content (AvgIpc) is 3.38. The second kappa shape index (κ2) is 8.56. The third-order valence-corrected chi connectivity index (χ3v) is 7.10. The van der Waals surface area contributed by atoms with E-state index in [0.717, 1.165) is 0 Å². The molecule has 0 saturated heterocycles. The molecule has 0 unspecified atom stereocenters. The Hall–Kier alpha value is -3.10. The van der Waals surface area contributed by atoms with E-state index in [2.05, 4.69) is 79.2 Å². The van der Waals surface area contributed by atoms with Crippen molar-refractivity contribution in [3.05, 3.63) is 77.7 Å². The molecule has 31 heavy (non-hydrogen) atoms. The second-order valence-corrected chi connectivity index (χ2v) is 8.21. The highest BCUT2D eigenvalue weighted by Crippen LogP contribution is 2.42. The molecule has 6 aromatic rings. The molecule has 2 aromatic heterocycles. The van der Waals surface area contributed by atoms with E-state index in [1.165, 1.54) is 63.9 Å². The summed E-state index contributed by atoms with van der Waals surface area (Å²) >= 11 is 1.85. The van der Waals surface area contributed by atoms with E-state index in [9.17, 15) is 0 Å². The summed E-state index contributed by atoms with van der Waals surface area (Å²) in [4.78, 5) is 4.90. The van der Waals surface area contributed by atoms with Gasteiger partial charge in [0.05, 0.1) is 0 Å². The first-order valence-electron chi connectivity index (χ1n) is 11.2. The monoisotopic (exact) mass is 423 g/mol. The molecule has 0 fully saturated rings. The highest BCUT2D eigenvalue weighted by Gasteiger charge is 2.15. The van der Waals surface area contributed by atoms with Gasteiger partial charge in [-0.3, -0.25) is 0 Å². The summed E-state index contributed by atoms with van der Waals surface area (Å²) in [7, 11) is 0. The summed E-state index contributed by atoms with van der Waals surface area (Å²) in [5.74, 6) is 0. The lowest BCUT2D eigenvalue weighted by Gasteiger charge is -2.06. The molecule has 4 aromatic carbocycles. The standard InChI is InChI=1S/C25H17NS.2C2H6/c1-3-22-14(2)16-10-12-21-24(25(16)27-22)23-19-9-8-15-6-4-5-7-17(15)18(19)11-13-20(23)26-21;2*1-2/h3-13,26H,1H2,2H3;2*1-2H3. The van der Waals surface area contributed by atoms with Gasteiger partial charge >= 0.3 is 0 Å². The average molecular weight is 424 g/mol. The molecule has 0 bridgehead atoms. The number of nitrogens with one attached hydrogen (secondary N) is 1. The van der Waals surface area contributed by atoms with Crippen LogP contribution in [-0.2, 0) is 0 Å². The van der Waals surface area contributed by atoms with Crippen LogP contribution < -0.4 is 0 Å². The van der Waals surface area contributed by atoms with Gasteiger partial charge in [-0.15, -0.1) is 11.3 Å². The van der Waals surface area contributed by atoms with Crippen LogP contribution in [0.1, 0.15) is 38.1 Å². The van der Waals surface area contributed by atoms with Gasteiger partial charge in [0.1, 0.15) is 0 Å². The second-order valence-electron chi connectivity index (χ2n) is 7.16. The number of fused-ring (bicyclic) bond motifs is 9. The van der Waals surface area contributed by atoms with Crippen molar-refractivity contribution in [2.75, 3.05) is 0 Å². The van der Waals surface area contributed by atoms with Crippen molar-refractivity contribution in [3.63, 3.8) is 0 Å². The van der Waals surface area contributed by atoms with E-state index in [4.69, 9.17) is 0 Å². The molecule has 156 valence electrons. The highest BCUT2D eigenvalue weighted by molar-refractivity contribution is 7.21. The summed E-state index contributed by atoms with van der Waals surface area (Å²) in [6.07, 6.45) is 1.98. The predicted octanol–water partition coefficient (Wildman–Crippen LogP) is 9.85. The fourth-order valence-electron chi connectivity index (χ4n) is 4.46. The van der Waals surface area contributed by atoms with Crippen molar-refractivity contribution >= 4 is 70.8 Å². The van der Waals surface area contributed by atoms with Crippen LogP contribution in [0.4, 0.5) is 0 Å². The summed E-state index contributed by atoms with van der Waals surface area (Å²) < 4.78 is 1.35. The quantitative estimate of drug-likeness (QED) is 0.253. The van der Waals surface area contributed by atoms with Gasteiger partial charge in [-0.25, -0.2) is 0 Å². The lowest BCUT2D eigenvalue weighted by atomic mass is 9.98. The van der Waals surface area contributed by atoms with Crippen LogP contribution in [0.15, 0.2) is 67.2 Å². The molecule has 0 amide bonds. The van der Waals surface area contributed by atoms with E-state index in [0.29, 0.717) is 0 Å². The first-order valence-corrected chi connectivity index (χ1v) is 12.0. The van der Waals surface area contributed by atoms with E-state index >= 15 is 0 Å². The topological polar surface area (TPSA) is 15.8 Å². The first-order chi connectivity index (χ1) is 15.3. The molecule has 2 heterocycles. The zero-order valence-electron chi connectivity index (χ0n) is 19.0. The zero-order valence-corrected chi connectivity index (χ0v) is 19.8. The van der Waals surface area contributed by atoms with Gasteiger partial charge in [-0.1, -0.05) is 88.9 Å². The van der Waals surface area contributed by atoms with Gasteiger partial charge in [0, 0.05) is 31.4 Å². The van der Waals surface area contributed by atoms with Crippen LogP contribution in [0.25, 0.3) is 59.5 Å². The molecule has 0 saturated carbocycles. The highest BCUT2D eigenvalue weighted by atomic mass is 32.1. The van der Waals surface area contributed by atoms with Crippen LogP contribution in [0.2, 0.25) is 0 Å². The van der Waals surface area contributed by atoms with Gasteiger partial charge in [-0.2, -0.15) is 0 Å². The summed E-state index contributed by atoms with van der Waals surface area (Å²) in [5.41, 5.74) is 3.73. The molecular formula is C29H29NS. The van der Waals surface area contributed by atoms with E-state index in [1.54, 1.807) is 0 Å². The molecule has 0 radical (unpaired) electrons. The molecule has 0 aliphatic heterocycles. The number of aromatic amines is 1. The molecule has 1 N–H and O–H groups in total. The molecule has 6 rings (SSSR count). The number of aryl methyl sites for hydroxylation is 1. The Kier molecular flexibility index (Phi) is 5.84.